The van der Waals surface area contributed by atoms with Gasteiger partial charge in [0.05, 0.1) is 0 Å². The van der Waals surface area contributed by atoms with Gasteiger partial charge in [-0.1, -0.05) is 66.7 Å². The van der Waals surface area contributed by atoms with Crippen molar-refractivity contribution in [2.45, 2.75) is 43.7 Å². The van der Waals surface area contributed by atoms with E-state index in [1.807, 2.05) is 12.1 Å². The fourth-order valence-electron chi connectivity index (χ4n) is 4.74. The molecule has 4 nitrogen and oxygen atoms in total. The SMILES string of the molecule is CC(C)(CCC(CN)(c1ccccc1)c1ccccc1)N1CC(Oc2cccc(O)c2)C1. The van der Waals surface area contributed by atoms with Gasteiger partial charge in [-0.3, -0.25) is 4.90 Å². The molecule has 3 aromatic carbocycles. The Morgan fingerprint density at radius 2 is 1.47 bits per heavy atom. The van der Waals surface area contributed by atoms with E-state index < -0.39 is 0 Å². The van der Waals surface area contributed by atoms with Crippen molar-refractivity contribution in [1.82, 2.24) is 4.90 Å². The molecule has 168 valence electrons. The lowest BCUT2D eigenvalue weighted by molar-refractivity contribution is -0.0469. The number of aromatic hydroxyl groups is 1. The smallest absolute Gasteiger partial charge is 0.124 e. The summed E-state index contributed by atoms with van der Waals surface area (Å²) in [7, 11) is 0. The first-order chi connectivity index (χ1) is 15.4. The number of hydrogen-bond donors (Lipinski definition) is 2. The topological polar surface area (TPSA) is 58.7 Å². The molecule has 0 saturated carbocycles. The predicted molar refractivity (Wildman–Crippen MR) is 130 cm³/mol. The van der Waals surface area contributed by atoms with Crippen LogP contribution < -0.4 is 10.5 Å². The highest BCUT2D eigenvalue weighted by atomic mass is 16.5. The van der Waals surface area contributed by atoms with Gasteiger partial charge in [-0.15, -0.1) is 0 Å². The summed E-state index contributed by atoms with van der Waals surface area (Å²) in [5, 5.41) is 9.65. The number of hydrogen-bond acceptors (Lipinski definition) is 4. The van der Waals surface area contributed by atoms with Crippen LogP contribution in [0.25, 0.3) is 0 Å². The van der Waals surface area contributed by atoms with Gasteiger partial charge in [0, 0.05) is 36.7 Å². The molecule has 1 aliphatic rings. The number of rotatable bonds is 9. The Balaban J connectivity index is 1.45. The van der Waals surface area contributed by atoms with E-state index in [4.69, 9.17) is 10.5 Å². The fourth-order valence-corrected chi connectivity index (χ4v) is 4.74. The van der Waals surface area contributed by atoms with Gasteiger partial charge in [0.25, 0.3) is 0 Å². The monoisotopic (exact) mass is 430 g/mol. The molecule has 0 atom stereocenters. The van der Waals surface area contributed by atoms with Crippen molar-refractivity contribution in [2.75, 3.05) is 19.6 Å². The minimum Gasteiger partial charge on any atom is -0.508 e. The highest BCUT2D eigenvalue weighted by molar-refractivity contribution is 5.40. The predicted octanol–water partition coefficient (Wildman–Crippen LogP) is 4.96. The van der Waals surface area contributed by atoms with Crippen LogP contribution in [-0.2, 0) is 5.41 Å². The summed E-state index contributed by atoms with van der Waals surface area (Å²) in [6.07, 6.45) is 2.14. The second-order valence-corrected chi connectivity index (χ2v) is 9.47. The Morgan fingerprint density at radius 1 is 0.875 bits per heavy atom. The number of benzene rings is 3. The average Bonchev–Trinajstić information content (AvgIpc) is 2.78. The first-order valence-corrected chi connectivity index (χ1v) is 11.4. The van der Waals surface area contributed by atoms with Crippen LogP contribution >= 0.6 is 0 Å². The van der Waals surface area contributed by atoms with E-state index in [0.717, 1.165) is 31.7 Å². The van der Waals surface area contributed by atoms with Crippen LogP contribution in [0.5, 0.6) is 11.5 Å². The third-order valence-corrected chi connectivity index (χ3v) is 6.99. The maximum atomic E-state index is 9.65. The third-order valence-electron chi connectivity index (χ3n) is 6.99. The minimum atomic E-state index is -0.206. The molecule has 4 heteroatoms. The Hall–Kier alpha value is -2.82. The highest BCUT2D eigenvalue weighted by Gasteiger charge is 2.41. The van der Waals surface area contributed by atoms with E-state index in [1.54, 1.807) is 12.1 Å². The van der Waals surface area contributed by atoms with Gasteiger partial charge in [-0.05, 0) is 49.9 Å². The zero-order chi connectivity index (χ0) is 22.6. The quantitative estimate of drug-likeness (QED) is 0.504. The first-order valence-electron chi connectivity index (χ1n) is 11.4. The van der Waals surface area contributed by atoms with Crippen molar-refractivity contribution in [3.63, 3.8) is 0 Å². The molecule has 0 amide bonds. The van der Waals surface area contributed by atoms with Crippen molar-refractivity contribution in [2.24, 2.45) is 5.73 Å². The molecule has 1 saturated heterocycles. The molecule has 1 fully saturated rings. The highest BCUT2D eigenvalue weighted by Crippen LogP contribution is 2.39. The number of phenols is 1. The van der Waals surface area contributed by atoms with Crippen LogP contribution in [-0.4, -0.2) is 41.3 Å². The summed E-state index contributed by atoms with van der Waals surface area (Å²) in [4.78, 5) is 2.48. The summed E-state index contributed by atoms with van der Waals surface area (Å²) in [5.41, 5.74) is 8.87. The van der Waals surface area contributed by atoms with Gasteiger partial charge >= 0.3 is 0 Å². The minimum absolute atomic E-state index is 0.0304. The summed E-state index contributed by atoms with van der Waals surface area (Å²) < 4.78 is 6.04. The van der Waals surface area contributed by atoms with E-state index >= 15 is 0 Å². The number of likely N-dealkylation sites (tertiary alicyclic amines) is 1. The Kier molecular flexibility index (Phi) is 6.54. The summed E-state index contributed by atoms with van der Waals surface area (Å²) in [6.45, 7) is 6.97. The summed E-state index contributed by atoms with van der Waals surface area (Å²) >= 11 is 0. The van der Waals surface area contributed by atoms with Crippen molar-refractivity contribution in [3.05, 3.63) is 96.1 Å². The van der Waals surface area contributed by atoms with Crippen molar-refractivity contribution < 1.29 is 9.84 Å². The molecule has 0 spiro atoms. The lowest BCUT2D eigenvalue weighted by Gasteiger charge is -2.50. The van der Waals surface area contributed by atoms with E-state index in [0.29, 0.717) is 6.54 Å². The molecule has 0 aliphatic carbocycles. The zero-order valence-electron chi connectivity index (χ0n) is 19.1. The molecule has 3 aromatic rings. The van der Waals surface area contributed by atoms with Gasteiger partial charge in [-0.2, -0.15) is 0 Å². The molecular weight excluding hydrogens is 396 g/mol. The molecule has 0 radical (unpaired) electrons. The number of phenolic OH excluding ortho intramolecular Hbond substituents is 1. The Bertz CT molecular complexity index is 959. The largest absolute Gasteiger partial charge is 0.508 e. The lowest BCUT2D eigenvalue weighted by atomic mass is 9.69. The van der Waals surface area contributed by atoms with Crippen LogP contribution in [0.4, 0.5) is 0 Å². The molecule has 4 rings (SSSR count). The average molecular weight is 431 g/mol. The zero-order valence-corrected chi connectivity index (χ0v) is 19.1. The third kappa shape index (κ3) is 4.67. The molecule has 0 aromatic heterocycles. The molecule has 32 heavy (non-hydrogen) atoms. The van der Waals surface area contributed by atoms with Crippen LogP contribution in [0.3, 0.4) is 0 Å². The molecule has 1 heterocycles. The fraction of sp³-hybridized carbons (Fsp3) is 0.357. The molecule has 0 bridgehead atoms. The van der Waals surface area contributed by atoms with Crippen molar-refractivity contribution in [3.8, 4) is 11.5 Å². The van der Waals surface area contributed by atoms with Gasteiger partial charge < -0.3 is 15.6 Å². The van der Waals surface area contributed by atoms with E-state index in [2.05, 4.69) is 79.4 Å². The summed E-state index contributed by atoms with van der Waals surface area (Å²) in [6, 6.07) is 28.4. The number of nitrogens with zero attached hydrogens (tertiary/aromatic N) is 1. The van der Waals surface area contributed by atoms with Gasteiger partial charge in [0.1, 0.15) is 17.6 Å². The van der Waals surface area contributed by atoms with Crippen LogP contribution in [0.15, 0.2) is 84.9 Å². The summed E-state index contributed by atoms with van der Waals surface area (Å²) in [5.74, 6) is 0.960. The van der Waals surface area contributed by atoms with Crippen LogP contribution in [0.1, 0.15) is 37.8 Å². The maximum absolute atomic E-state index is 9.65. The van der Waals surface area contributed by atoms with Crippen LogP contribution in [0, 0.1) is 0 Å². The molecule has 1 aliphatic heterocycles. The lowest BCUT2D eigenvalue weighted by Crippen LogP contribution is -2.62. The van der Waals surface area contributed by atoms with Crippen molar-refractivity contribution >= 4 is 0 Å². The Morgan fingerprint density at radius 3 is 2.00 bits per heavy atom. The maximum Gasteiger partial charge on any atom is 0.124 e. The van der Waals surface area contributed by atoms with E-state index in [1.165, 1.54) is 11.1 Å². The Labute approximate surface area is 191 Å². The molecular formula is C28H34N2O2. The number of ether oxygens (including phenoxy) is 1. The molecule has 3 N–H and O–H groups in total. The van der Waals surface area contributed by atoms with Gasteiger partial charge in [-0.25, -0.2) is 0 Å². The van der Waals surface area contributed by atoms with Crippen LogP contribution in [0.2, 0.25) is 0 Å². The van der Waals surface area contributed by atoms with Gasteiger partial charge in [0.15, 0.2) is 0 Å². The second kappa shape index (κ2) is 9.35. The standard InChI is InChI=1S/C28H34N2O2/c1-27(2,30-19-26(20-30)32-25-15-9-14-24(31)18-25)16-17-28(21-29,22-10-5-3-6-11-22)23-12-7-4-8-13-23/h3-15,18,26,31H,16-17,19-21,29H2,1-2H3. The second-order valence-electron chi connectivity index (χ2n) is 9.47. The first kappa shape index (κ1) is 22.4. The van der Waals surface area contributed by atoms with E-state index in [9.17, 15) is 5.11 Å². The normalized spacial score (nSPS) is 15.3. The molecule has 0 unspecified atom stereocenters. The van der Waals surface area contributed by atoms with Gasteiger partial charge in [0.2, 0.25) is 0 Å². The number of nitrogens with two attached hydrogens (primary N) is 1. The van der Waals surface area contributed by atoms with E-state index in [-0.39, 0.29) is 22.8 Å². The van der Waals surface area contributed by atoms with Crippen molar-refractivity contribution in [1.29, 1.82) is 0 Å².